The minimum Gasteiger partial charge on any atom is -0.323 e. The van der Waals surface area contributed by atoms with Crippen LogP contribution in [0.5, 0.6) is 0 Å². The molecule has 2 aromatic rings. The van der Waals surface area contributed by atoms with Gasteiger partial charge in [-0.2, -0.15) is 0 Å². The summed E-state index contributed by atoms with van der Waals surface area (Å²) in [6, 6.07) is 7.21. The topological polar surface area (TPSA) is 75.2 Å². The van der Waals surface area contributed by atoms with E-state index in [2.05, 4.69) is 15.3 Å². The monoisotopic (exact) mass is 326 g/mol. The fraction of sp³-hybridized carbons (Fsp3) is 0.444. The largest absolute Gasteiger partial charge is 0.325 e. The van der Waals surface area contributed by atoms with Crippen LogP contribution in [0.1, 0.15) is 38.6 Å². The molecule has 0 spiro atoms. The van der Waals surface area contributed by atoms with Gasteiger partial charge in [-0.15, -0.1) is 0 Å². The molecule has 1 aliphatic heterocycles. The molecule has 3 rings (SSSR count). The van der Waals surface area contributed by atoms with E-state index < -0.39 is 5.54 Å². The van der Waals surface area contributed by atoms with Gasteiger partial charge >= 0.3 is 6.03 Å². The lowest BCUT2D eigenvalue weighted by molar-refractivity contribution is -0.131. The highest BCUT2D eigenvalue weighted by Crippen LogP contribution is 2.26. The first-order valence-electron chi connectivity index (χ1n) is 8.16. The normalized spacial score (nSPS) is 21.0. The summed E-state index contributed by atoms with van der Waals surface area (Å²) in [5.74, 6) is 0.108. The van der Waals surface area contributed by atoms with E-state index in [1.165, 1.54) is 4.90 Å². The summed E-state index contributed by atoms with van der Waals surface area (Å²) in [5.41, 5.74) is 2.09. The fourth-order valence-electron chi connectivity index (χ4n) is 3.27. The number of hydrogen-bond donors (Lipinski definition) is 1. The van der Waals surface area contributed by atoms with Crippen molar-refractivity contribution in [3.63, 3.8) is 0 Å². The predicted octanol–water partition coefficient (Wildman–Crippen LogP) is 2.79. The smallest absolute Gasteiger partial charge is 0.323 e. The Morgan fingerprint density at radius 3 is 2.42 bits per heavy atom. The molecule has 1 N–H and O–H groups in total. The average molecular weight is 326 g/mol. The van der Waals surface area contributed by atoms with Crippen LogP contribution in [-0.4, -0.2) is 32.3 Å². The molecule has 6 nitrogen and oxygen atoms in total. The molecule has 3 amide bonds. The third kappa shape index (κ3) is 2.84. The quantitative estimate of drug-likeness (QED) is 0.877. The number of nitrogens with one attached hydrogen (secondary N) is 1. The number of fused-ring (bicyclic) bond motifs is 1. The molecule has 1 aromatic carbocycles. The SMILES string of the molecule is Cc1nc2ccccc2nc1CN1C(=O)NC(C)(CC(C)C)C1=O. The number of carbonyl (C=O) groups is 2. The number of benzene rings is 1. The Morgan fingerprint density at radius 2 is 1.79 bits per heavy atom. The van der Waals surface area contributed by atoms with E-state index in [1.807, 2.05) is 45.0 Å². The fourth-order valence-corrected chi connectivity index (χ4v) is 3.27. The van der Waals surface area contributed by atoms with Gasteiger partial charge in [0, 0.05) is 0 Å². The maximum absolute atomic E-state index is 12.7. The number of urea groups is 1. The van der Waals surface area contributed by atoms with Crippen molar-refractivity contribution in [2.45, 2.75) is 46.2 Å². The van der Waals surface area contributed by atoms with Gasteiger partial charge in [-0.05, 0) is 38.3 Å². The Balaban J connectivity index is 1.90. The van der Waals surface area contributed by atoms with Crippen LogP contribution in [0.2, 0.25) is 0 Å². The number of amides is 3. The van der Waals surface area contributed by atoms with Crippen LogP contribution < -0.4 is 5.32 Å². The lowest BCUT2D eigenvalue weighted by Crippen LogP contribution is -2.44. The van der Waals surface area contributed by atoms with Crippen molar-refractivity contribution in [2.24, 2.45) is 5.92 Å². The summed E-state index contributed by atoms with van der Waals surface area (Å²) in [7, 11) is 0. The van der Waals surface area contributed by atoms with Crippen molar-refractivity contribution in [1.29, 1.82) is 0 Å². The highest BCUT2D eigenvalue weighted by molar-refractivity contribution is 6.06. The van der Waals surface area contributed by atoms with E-state index in [-0.39, 0.29) is 18.5 Å². The van der Waals surface area contributed by atoms with Crippen LogP contribution in [0.25, 0.3) is 11.0 Å². The summed E-state index contributed by atoms with van der Waals surface area (Å²) < 4.78 is 0. The van der Waals surface area contributed by atoms with Crippen LogP contribution in [0.4, 0.5) is 4.79 Å². The number of aryl methyl sites for hydroxylation is 1. The summed E-state index contributed by atoms with van der Waals surface area (Å²) in [6.07, 6.45) is 0.608. The molecule has 1 saturated heterocycles. The standard InChI is InChI=1S/C18H22N4O2/c1-11(2)9-18(4)16(23)22(17(24)21-18)10-15-12(3)19-13-7-5-6-8-14(13)20-15/h5-8,11H,9-10H2,1-4H3,(H,21,24). The highest BCUT2D eigenvalue weighted by Gasteiger charge is 2.47. The van der Waals surface area contributed by atoms with E-state index in [0.29, 0.717) is 18.0 Å². The minimum absolute atomic E-state index is 0.141. The van der Waals surface area contributed by atoms with Gasteiger partial charge in [0.05, 0.1) is 29.0 Å². The maximum atomic E-state index is 12.7. The Hall–Kier alpha value is -2.50. The molecule has 2 heterocycles. The van der Waals surface area contributed by atoms with E-state index in [4.69, 9.17) is 0 Å². The molecule has 0 radical (unpaired) electrons. The molecule has 0 aliphatic carbocycles. The van der Waals surface area contributed by atoms with Crippen molar-refractivity contribution < 1.29 is 9.59 Å². The van der Waals surface area contributed by atoms with Gasteiger partial charge in [0.25, 0.3) is 5.91 Å². The van der Waals surface area contributed by atoms with E-state index in [1.54, 1.807) is 6.92 Å². The average Bonchev–Trinajstić information content (AvgIpc) is 2.70. The molecule has 0 saturated carbocycles. The second kappa shape index (κ2) is 5.85. The van der Waals surface area contributed by atoms with E-state index in [9.17, 15) is 9.59 Å². The van der Waals surface area contributed by atoms with Gasteiger partial charge in [0.15, 0.2) is 0 Å². The molecule has 126 valence electrons. The number of imide groups is 1. The molecule has 1 fully saturated rings. The first-order chi connectivity index (χ1) is 11.3. The van der Waals surface area contributed by atoms with Crippen molar-refractivity contribution >= 4 is 23.0 Å². The number of carbonyl (C=O) groups excluding carboxylic acids is 2. The zero-order chi connectivity index (χ0) is 17.5. The Kier molecular flexibility index (Phi) is 3.99. The van der Waals surface area contributed by atoms with Crippen LogP contribution in [0, 0.1) is 12.8 Å². The highest BCUT2D eigenvalue weighted by atomic mass is 16.2. The first-order valence-corrected chi connectivity index (χ1v) is 8.16. The van der Waals surface area contributed by atoms with Gasteiger partial charge < -0.3 is 5.32 Å². The number of aromatic nitrogens is 2. The molecular weight excluding hydrogens is 304 g/mol. The van der Waals surface area contributed by atoms with Crippen molar-refractivity contribution in [3.05, 3.63) is 35.7 Å². The third-order valence-electron chi connectivity index (χ3n) is 4.31. The van der Waals surface area contributed by atoms with Crippen molar-refractivity contribution in [1.82, 2.24) is 20.2 Å². The number of para-hydroxylation sites is 2. The molecule has 0 bridgehead atoms. The molecular formula is C18H22N4O2. The molecule has 6 heteroatoms. The van der Waals surface area contributed by atoms with E-state index in [0.717, 1.165) is 16.7 Å². The predicted molar refractivity (Wildman–Crippen MR) is 91.2 cm³/mol. The van der Waals surface area contributed by atoms with Gasteiger partial charge in [0.1, 0.15) is 5.54 Å². The summed E-state index contributed by atoms with van der Waals surface area (Å²) in [4.78, 5) is 35.4. The summed E-state index contributed by atoms with van der Waals surface area (Å²) >= 11 is 0. The lowest BCUT2D eigenvalue weighted by atomic mass is 9.91. The second-order valence-electron chi connectivity index (χ2n) is 7.00. The number of rotatable bonds is 4. The summed E-state index contributed by atoms with van der Waals surface area (Å²) in [6.45, 7) is 7.84. The molecule has 1 aromatic heterocycles. The maximum Gasteiger partial charge on any atom is 0.325 e. The van der Waals surface area contributed by atoms with Crippen molar-refractivity contribution in [2.75, 3.05) is 0 Å². The molecule has 24 heavy (non-hydrogen) atoms. The lowest BCUT2D eigenvalue weighted by Gasteiger charge is -2.23. The minimum atomic E-state index is -0.844. The molecule has 1 atom stereocenters. The van der Waals surface area contributed by atoms with Gasteiger partial charge in [-0.3, -0.25) is 9.69 Å². The zero-order valence-electron chi connectivity index (χ0n) is 14.5. The van der Waals surface area contributed by atoms with Crippen LogP contribution in [0.15, 0.2) is 24.3 Å². The number of hydrogen-bond acceptors (Lipinski definition) is 4. The van der Waals surface area contributed by atoms with Crippen LogP contribution in [0.3, 0.4) is 0 Å². The molecule has 1 aliphatic rings. The van der Waals surface area contributed by atoms with Crippen LogP contribution in [-0.2, 0) is 11.3 Å². The number of nitrogens with zero attached hydrogens (tertiary/aromatic N) is 3. The van der Waals surface area contributed by atoms with Gasteiger partial charge in [-0.25, -0.2) is 14.8 Å². The van der Waals surface area contributed by atoms with Crippen LogP contribution >= 0.6 is 0 Å². The van der Waals surface area contributed by atoms with E-state index >= 15 is 0 Å². The summed E-state index contributed by atoms with van der Waals surface area (Å²) in [5, 5.41) is 2.83. The first kappa shape index (κ1) is 16.4. The van der Waals surface area contributed by atoms with Gasteiger partial charge in [0.2, 0.25) is 0 Å². The Bertz CT molecular complexity index is 818. The second-order valence-corrected chi connectivity index (χ2v) is 7.00. The zero-order valence-corrected chi connectivity index (χ0v) is 14.5. The Labute approximate surface area is 141 Å². The van der Waals surface area contributed by atoms with Crippen molar-refractivity contribution in [3.8, 4) is 0 Å². The van der Waals surface area contributed by atoms with Gasteiger partial charge in [-0.1, -0.05) is 26.0 Å². The third-order valence-corrected chi connectivity index (χ3v) is 4.31. The Morgan fingerprint density at radius 1 is 1.17 bits per heavy atom. The molecule has 1 unspecified atom stereocenters.